The second-order valence-corrected chi connectivity index (χ2v) is 6.27. The van der Waals surface area contributed by atoms with Crippen molar-refractivity contribution in [2.24, 2.45) is 0 Å². The average Bonchev–Trinajstić information content (AvgIpc) is 2.46. The number of hydrogen-bond donors (Lipinski definition) is 0. The largest absolute Gasteiger partial charge is 0.289 e. The van der Waals surface area contributed by atoms with Crippen LogP contribution in [0.1, 0.15) is 41.3 Å². The molecule has 0 radical (unpaired) electrons. The Hall–Kier alpha value is -1.42. The second kappa shape index (κ2) is 6.84. The summed E-state index contributed by atoms with van der Waals surface area (Å²) in [6.07, 6.45) is 3.50. The number of hydrogen-bond acceptors (Lipinski definition) is 1. The molecule has 2 aromatic rings. The summed E-state index contributed by atoms with van der Waals surface area (Å²) in [5, 5.41) is 0. The lowest BCUT2D eigenvalue weighted by molar-refractivity contribution is 0.104. The van der Waals surface area contributed by atoms with Crippen molar-refractivity contribution in [3.8, 4) is 0 Å². The lowest BCUT2D eigenvalue weighted by Crippen LogP contribution is -1.93. The molecule has 0 bridgehead atoms. The van der Waals surface area contributed by atoms with Gasteiger partial charge in [0.05, 0.1) is 0 Å². The Morgan fingerprint density at radius 3 is 2.15 bits per heavy atom. The molecule has 0 spiro atoms. The third-order valence-electron chi connectivity index (χ3n) is 3.16. The van der Waals surface area contributed by atoms with Crippen molar-refractivity contribution in [3.63, 3.8) is 0 Å². The van der Waals surface area contributed by atoms with Crippen LogP contribution in [-0.2, 0) is 0 Å². The summed E-state index contributed by atoms with van der Waals surface area (Å²) in [7, 11) is 0. The van der Waals surface area contributed by atoms with E-state index in [1.165, 1.54) is 5.56 Å². The van der Waals surface area contributed by atoms with Crippen LogP contribution in [0.5, 0.6) is 0 Å². The molecule has 0 atom stereocenters. The van der Waals surface area contributed by atoms with E-state index in [1.807, 2.05) is 42.5 Å². The minimum atomic E-state index is 0.0364. The van der Waals surface area contributed by atoms with E-state index in [9.17, 15) is 4.79 Å². The summed E-state index contributed by atoms with van der Waals surface area (Å²) < 4.78 is 1.13. The van der Waals surface area contributed by atoms with E-state index in [0.29, 0.717) is 5.92 Å². The summed E-state index contributed by atoms with van der Waals surface area (Å²) in [6.45, 7) is 4.34. The van der Waals surface area contributed by atoms with Crippen molar-refractivity contribution in [1.82, 2.24) is 0 Å². The number of carbonyl (C=O) groups excluding carboxylic acids is 1. The zero-order chi connectivity index (χ0) is 14.5. The van der Waals surface area contributed by atoms with Crippen molar-refractivity contribution in [2.75, 3.05) is 0 Å². The highest BCUT2D eigenvalue weighted by Crippen LogP contribution is 2.15. The van der Waals surface area contributed by atoms with Crippen LogP contribution in [0.3, 0.4) is 0 Å². The molecule has 0 aliphatic rings. The quantitative estimate of drug-likeness (QED) is 0.402. The molecule has 0 unspecified atom stereocenters. The van der Waals surface area contributed by atoms with Crippen molar-refractivity contribution in [1.29, 1.82) is 0 Å². The predicted octanol–water partition coefficient (Wildman–Crippen LogP) is 5.31. The first-order valence-corrected chi connectivity index (χ1v) is 7.72. The highest BCUT2D eigenvalue weighted by atomic mass is 127. The van der Waals surface area contributed by atoms with Gasteiger partial charge in [-0.05, 0) is 57.8 Å². The maximum absolute atomic E-state index is 12.0. The fraction of sp³-hybridized carbons (Fsp3) is 0.167. The number of benzene rings is 2. The fourth-order valence-electron chi connectivity index (χ4n) is 1.87. The molecule has 1 nitrogen and oxygen atoms in total. The first kappa shape index (κ1) is 15.0. The van der Waals surface area contributed by atoms with Gasteiger partial charge < -0.3 is 0 Å². The summed E-state index contributed by atoms with van der Waals surface area (Å²) in [4.78, 5) is 12.0. The molecule has 0 saturated carbocycles. The van der Waals surface area contributed by atoms with Gasteiger partial charge in [-0.3, -0.25) is 4.79 Å². The molecule has 2 aromatic carbocycles. The van der Waals surface area contributed by atoms with E-state index in [0.717, 1.165) is 14.7 Å². The molecular weight excluding hydrogens is 359 g/mol. The zero-order valence-corrected chi connectivity index (χ0v) is 13.8. The van der Waals surface area contributed by atoms with Gasteiger partial charge in [-0.1, -0.05) is 56.3 Å². The van der Waals surface area contributed by atoms with Gasteiger partial charge in [0.15, 0.2) is 5.78 Å². The third kappa shape index (κ3) is 4.04. The first-order valence-electron chi connectivity index (χ1n) is 6.64. The fourth-order valence-corrected chi connectivity index (χ4v) is 2.23. The smallest absolute Gasteiger partial charge is 0.185 e. The maximum Gasteiger partial charge on any atom is 0.185 e. The SMILES string of the molecule is CC(C)c1ccc(C=CC(=O)c2ccc(I)cc2)cc1. The van der Waals surface area contributed by atoms with Crippen LogP contribution >= 0.6 is 22.6 Å². The Bertz CT molecular complexity index is 607. The van der Waals surface area contributed by atoms with Crippen LogP contribution in [-0.4, -0.2) is 5.78 Å². The van der Waals surface area contributed by atoms with E-state index in [2.05, 4.69) is 48.6 Å². The van der Waals surface area contributed by atoms with Crippen LogP contribution in [0.4, 0.5) is 0 Å². The van der Waals surface area contributed by atoms with Gasteiger partial charge in [-0.15, -0.1) is 0 Å². The Labute approximate surface area is 133 Å². The number of rotatable bonds is 4. The van der Waals surface area contributed by atoms with E-state index >= 15 is 0 Å². The molecule has 0 fully saturated rings. The van der Waals surface area contributed by atoms with Gasteiger partial charge in [0.1, 0.15) is 0 Å². The molecular formula is C18H17IO. The van der Waals surface area contributed by atoms with Crippen LogP contribution in [0, 0.1) is 3.57 Å². The minimum absolute atomic E-state index is 0.0364. The van der Waals surface area contributed by atoms with E-state index < -0.39 is 0 Å². The van der Waals surface area contributed by atoms with Gasteiger partial charge in [-0.2, -0.15) is 0 Å². The third-order valence-corrected chi connectivity index (χ3v) is 3.88. The number of halogens is 1. The van der Waals surface area contributed by atoms with Crippen molar-refractivity contribution >= 4 is 34.5 Å². The lowest BCUT2D eigenvalue weighted by atomic mass is 10.0. The topological polar surface area (TPSA) is 17.1 Å². The summed E-state index contributed by atoms with van der Waals surface area (Å²) in [5.74, 6) is 0.566. The molecule has 0 aliphatic heterocycles. The lowest BCUT2D eigenvalue weighted by Gasteiger charge is -2.04. The van der Waals surface area contributed by atoms with Crippen LogP contribution in [0.15, 0.2) is 54.6 Å². The predicted molar refractivity (Wildman–Crippen MR) is 93.1 cm³/mol. The van der Waals surface area contributed by atoms with Crippen molar-refractivity contribution in [2.45, 2.75) is 19.8 Å². The number of ketones is 1. The van der Waals surface area contributed by atoms with Gasteiger partial charge in [0.2, 0.25) is 0 Å². The van der Waals surface area contributed by atoms with Crippen molar-refractivity contribution < 1.29 is 4.79 Å². The molecule has 2 heteroatoms. The molecule has 20 heavy (non-hydrogen) atoms. The molecule has 0 aliphatic carbocycles. The Morgan fingerprint density at radius 2 is 1.60 bits per heavy atom. The highest BCUT2D eigenvalue weighted by Gasteiger charge is 2.01. The molecule has 102 valence electrons. The summed E-state index contributed by atoms with van der Waals surface area (Å²) >= 11 is 2.23. The minimum Gasteiger partial charge on any atom is -0.289 e. The highest BCUT2D eigenvalue weighted by molar-refractivity contribution is 14.1. The molecule has 2 rings (SSSR count). The van der Waals surface area contributed by atoms with Crippen LogP contribution in [0.2, 0.25) is 0 Å². The van der Waals surface area contributed by atoms with Gasteiger partial charge in [-0.25, -0.2) is 0 Å². The van der Waals surface area contributed by atoms with E-state index in [4.69, 9.17) is 0 Å². The van der Waals surface area contributed by atoms with Gasteiger partial charge >= 0.3 is 0 Å². The van der Waals surface area contributed by atoms with Crippen molar-refractivity contribution in [3.05, 3.63) is 74.9 Å². The first-order chi connectivity index (χ1) is 9.56. The van der Waals surface area contributed by atoms with Gasteiger partial charge in [0, 0.05) is 9.13 Å². The monoisotopic (exact) mass is 376 g/mol. The summed E-state index contributed by atoms with van der Waals surface area (Å²) in [5.41, 5.74) is 3.08. The zero-order valence-electron chi connectivity index (χ0n) is 11.6. The molecule has 0 saturated heterocycles. The molecule has 0 amide bonds. The van der Waals surface area contributed by atoms with Gasteiger partial charge in [0.25, 0.3) is 0 Å². The van der Waals surface area contributed by atoms with E-state index in [1.54, 1.807) is 6.08 Å². The Balaban J connectivity index is 2.08. The molecule has 0 aromatic heterocycles. The molecule has 0 N–H and O–H groups in total. The average molecular weight is 376 g/mol. The number of allylic oxidation sites excluding steroid dienone is 1. The maximum atomic E-state index is 12.0. The molecule has 0 heterocycles. The standard InChI is InChI=1S/C18H17IO/c1-13(2)15-6-3-14(4-7-15)5-12-18(20)16-8-10-17(19)11-9-16/h3-13H,1-2H3. The van der Waals surface area contributed by atoms with Crippen LogP contribution < -0.4 is 0 Å². The van der Waals surface area contributed by atoms with Crippen LogP contribution in [0.25, 0.3) is 6.08 Å². The summed E-state index contributed by atoms with van der Waals surface area (Å²) in [6, 6.07) is 15.9. The Kier molecular flexibility index (Phi) is 5.12. The number of carbonyl (C=O) groups is 1. The second-order valence-electron chi connectivity index (χ2n) is 5.03. The Morgan fingerprint density at radius 1 is 1.00 bits per heavy atom. The normalized spacial score (nSPS) is 11.2. The van der Waals surface area contributed by atoms with E-state index in [-0.39, 0.29) is 5.78 Å².